The van der Waals surface area contributed by atoms with Gasteiger partial charge in [-0.3, -0.25) is 13.3 Å². The van der Waals surface area contributed by atoms with E-state index < -0.39 is 29.2 Å². The van der Waals surface area contributed by atoms with E-state index in [1.165, 1.54) is 0 Å². The zero-order chi connectivity index (χ0) is 25.8. The highest BCUT2D eigenvalue weighted by Gasteiger charge is 2.38. The van der Waals surface area contributed by atoms with Crippen molar-refractivity contribution in [3.63, 3.8) is 0 Å². The number of rotatable bonds is 8. The number of aliphatic carboxylic acids is 1. The summed E-state index contributed by atoms with van der Waals surface area (Å²) in [7, 11) is 1.58. The number of methoxy groups -OCH3 is 1. The van der Waals surface area contributed by atoms with Crippen molar-refractivity contribution in [1.82, 2.24) is 10.1 Å². The van der Waals surface area contributed by atoms with E-state index in [2.05, 4.69) is 5.16 Å². The molecule has 2 aromatic carbocycles. The highest BCUT2D eigenvalue weighted by molar-refractivity contribution is 7.80. The number of carbonyl (C=O) groups excluding carboxylic acids is 1. The van der Waals surface area contributed by atoms with Crippen LogP contribution in [0.25, 0.3) is 11.1 Å². The normalized spacial score (nSPS) is 15.8. The number of carboxylic acid groups (broad SMARTS) is 1. The molecule has 0 spiro atoms. The summed E-state index contributed by atoms with van der Waals surface area (Å²) in [6, 6.07) is 14.3. The molecule has 4 rings (SSSR count). The van der Waals surface area contributed by atoms with Gasteiger partial charge in [-0.05, 0) is 61.1 Å². The fraction of sp³-hybridized carbons (Fsp3) is 0.320. The molecule has 10 nitrogen and oxygen atoms in total. The second kappa shape index (κ2) is 10.9. The van der Waals surface area contributed by atoms with Crippen LogP contribution in [0.3, 0.4) is 0 Å². The summed E-state index contributed by atoms with van der Waals surface area (Å²) in [5.41, 5.74) is 2.20. The van der Waals surface area contributed by atoms with Gasteiger partial charge in [-0.1, -0.05) is 29.4 Å². The van der Waals surface area contributed by atoms with Gasteiger partial charge in [0.1, 0.15) is 17.6 Å². The first kappa shape index (κ1) is 25.4. The van der Waals surface area contributed by atoms with Gasteiger partial charge in [0.25, 0.3) is 5.91 Å². The van der Waals surface area contributed by atoms with Gasteiger partial charge in [-0.15, -0.1) is 0 Å². The molecule has 1 fully saturated rings. The lowest BCUT2D eigenvalue weighted by Gasteiger charge is -2.40. The highest BCUT2D eigenvalue weighted by Crippen LogP contribution is 2.31. The first-order valence-electron chi connectivity index (χ1n) is 11.4. The Balaban J connectivity index is 1.51. The Labute approximate surface area is 210 Å². The zero-order valence-corrected chi connectivity index (χ0v) is 20.6. The third-order valence-electron chi connectivity index (χ3n) is 6.33. The SMILES string of the molecule is COc1ccc(-c2ccc(N(C(C(=O)O)C3CCN(C(=O)c4cc(C)on4)CC3)S(=O)[O-])cc2)cc1. The third kappa shape index (κ3) is 5.42. The molecule has 2 heterocycles. The molecule has 11 heteroatoms. The number of carbonyl (C=O) groups is 2. The fourth-order valence-corrected chi connectivity index (χ4v) is 5.21. The van der Waals surface area contributed by atoms with Crippen LogP contribution in [-0.4, -0.2) is 62.0 Å². The Morgan fingerprint density at radius 3 is 2.19 bits per heavy atom. The number of hydrogen-bond acceptors (Lipinski definition) is 7. The number of amides is 1. The second-order valence-electron chi connectivity index (χ2n) is 8.55. The molecular formula is C25H26N3O7S-. The molecule has 0 radical (unpaired) electrons. The first-order valence-corrected chi connectivity index (χ1v) is 12.4. The lowest BCUT2D eigenvalue weighted by Crippen LogP contribution is -2.51. The molecule has 1 aliphatic rings. The summed E-state index contributed by atoms with van der Waals surface area (Å²) in [4.78, 5) is 26.5. The molecule has 2 unspecified atom stereocenters. The first-order chi connectivity index (χ1) is 17.3. The zero-order valence-electron chi connectivity index (χ0n) is 19.8. The van der Waals surface area contributed by atoms with Crippen LogP contribution >= 0.6 is 0 Å². The van der Waals surface area contributed by atoms with Crippen molar-refractivity contribution in [3.8, 4) is 16.9 Å². The number of benzene rings is 2. The molecule has 0 saturated carbocycles. The van der Waals surface area contributed by atoms with Crippen molar-refractivity contribution in [3.05, 3.63) is 66.1 Å². The van der Waals surface area contributed by atoms with E-state index in [1.54, 1.807) is 49.3 Å². The van der Waals surface area contributed by atoms with Crippen LogP contribution in [0.4, 0.5) is 5.69 Å². The fourth-order valence-electron chi connectivity index (χ4n) is 4.46. The van der Waals surface area contributed by atoms with Gasteiger partial charge in [-0.2, -0.15) is 0 Å². The van der Waals surface area contributed by atoms with E-state index in [9.17, 15) is 23.5 Å². The average Bonchev–Trinajstić information content (AvgIpc) is 3.33. The van der Waals surface area contributed by atoms with Crippen molar-refractivity contribution < 1.29 is 32.7 Å². The highest BCUT2D eigenvalue weighted by atomic mass is 32.2. The molecule has 0 bridgehead atoms. The summed E-state index contributed by atoms with van der Waals surface area (Å²) in [6.07, 6.45) is 0.661. The summed E-state index contributed by atoms with van der Waals surface area (Å²) < 4.78 is 35.5. The van der Waals surface area contributed by atoms with Gasteiger partial charge >= 0.3 is 5.97 Å². The maximum Gasteiger partial charge on any atom is 0.327 e. The maximum atomic E-state index is 12.6. The van der Waals surface area contributed by atoms with Crippen LogP contribution < -0.4 is 9.04 Å². The van der Waals surface area contributed by atoms with E-state index in [1.807, 2.05) is 24.3 Å². The van der Waals surface area contributed by atoms with E-state index in [0.717, 1.165) is 21.2 Å². The number of ether oxygens (including phenoxy) is 1. The lowest BCUT2D eigenvalue weighted by atomic mass is 9.89. The molecular weight excluding hydrogens is 486 g/mol. The van der Waals surface area contributed by atoms with Crippen LogP contribution in [-0.2, 0) is 16.1 Å². The van der Waals surface area contributed by atoms with Gasteiger partial charge in [-0.25, -0.2) is 4.79 Å². The molecule has 2 atom stereocenters. The molecule has 1 saturated heterocycles. The van der Waals surface area contributed by atoms with Crippen molar-refractivity contribution in [2.45, 2.75) is 25.8 Å². The van der Waals surface area contributed by atoms with Crippen molar-refractivity contribution in [1.29, 1.82) is 0 Å². The number of hydrogen-bond donors (Lipinski definition) is 1. The minimum atomic E-state index is -2.82. The van der Waals surface area contributed by atoms with E-state index in [4.69, 9.17) is 9.26 Å². The minimum Gasteiger partial charge on any atom is -0.755 e. The van der Waals surface area contributed by atoms with Gasteiger partial charge in [0, 0.05) is 36.1 Å². The number of piperidine rings is 1. The summed E-state index contributed by atoms with van der Waals surface area (Å²) in [5, 5.41) is 13.8. The quantitative estimate of drug-likeness (QED) is 0.454. The minimum absolute atomic E-state index is 0.194. The number of anilines is 1. The Morgan fingerprint density at radius 2 is 1.72 bits per heavy atom. The van der Waals surface area contributed by atoms with Crippen LogP contribution in [0.5, 0.6) is 5.75 Å². The second-order valence-corrected chi connectivity index (χ2v) is 9.38. The van der Waals surface area contributed by atoms with E-state index >= 15 is 0 Å². The third-order valence-corrected chi connectivity index (χ3v) is 7.09. The standard InChI is InChI=1S/C25H27N3O7S/c1-16-15-22(26-35-16)24(29)27-13-11-19(12-14-27)23(25(30)31)28(36(32)33)20-7-3-17(4-8-20)18-5-9-21(34-2)10-6-18/h3-10,15,19,23H,11-14H2,1-2H3,(H,30,31)(H,32,33)/p-1. The number of aryl methyl sites for hydroxylation is 1. The molecule has 190 valence electrons. The molecule has 36 heavy (non-hydrogen) atoms. The van der Waals surface area contributed by atoms with Crippen molar-refractivity contribution in [2.24, 2.45) is 5.92 Å². The van der Waals surface area contributed by atoms with Gasteiger partial charge in [0.2, 0.25) is 0 Å². The number of nitrogens with zero attached hydrogens (tertiary/aromatic N) is 3. The predicted molar refractivity (Wildman–Crippen MR) is 131 cm³/mol. The van der Waals surface area contributed by atoms with E-state index in [-0.39, 0.29) is 30.4 Å². The van der Waals surface area contributed by atoms with Gasteiger partial charge in [0.05, 0.1) is 7.11 Å². The molecule has 1 aliphatic heterocycles. The Morgan fingerprint density at radius 1 is 1.14 bits per heavy atom. The van der Waals surface area contributed by atoms with Crippen LogP contribution in [0.1, 0.15) is 29.1 Å². The van der Waals surface area contributed by atoms with Gasteiger partial charge in [0.15, 0.2) is 5.69 Å². The molecule has 3 aromatic rings. The number of aromatic nitrogens is 1. The summed E-state index contributed by atoms with van der Waals surface area (Å²) in [6.45, 7) is 2.26. The summed E-state index contributed by atoms with van der Waals surface area (Å²) in [5.74, 6) is -0.780. The Hall–Kier alpha value is -3.70. The van der Waals surface area contributed by atoms with Crippen LogP contribution in [0, 0.1) is 12.8 Å². The van der Waals surface area contributed by atoms with Crippen molar-refractivity contribution >= 4 is 28.8 Å². The molecule has 1 aromatic heterocycles. The van der Waals surface area contributed by atoms with E-state index in [0.29, 0.717) is 18.6 Å². The van der Waals surface area contributed by atoms with Crippen LogP contribution in [0.15, 0.2) is 59.1 Å². The number of likely N-dealkylation sites (tertiary alicyclic amines) is 1. The smallest absolute Gasteiger partial charge is 0.327 e. The molecule has 1 N–H and O–H groups in total. The predicted octanol–water partition coefficient (Wildman–Crippen LogP) is 3.26. The number of carboxylic acids is 1. The molecule has 0 aliphatic carbocycles. The van der Waals surface area contributed by atoms with Gasteiger partial charge < -0.3 is 23.8 Å². The van der Waals surface area contributed by atoms with Crippen molar-refractivity contribution in [2.75, 3.05) is 24.5 Å². The maximum absolute atomic E-state index is 12.6. The monoisotopic (exact) mass is 512 g/mol. The topological polar surface area (TPSA) is 136 Å². The summed E-state index contributed by atoms with van der Waals surface area (Å²) >= 11 is -2.82. The Kier molecular flexibility index (Phi) is 7.70. The lowest BCUT2D eigenvalue weighted by molar-refractivity contribution is -0.140. The van der Waals surface area contributed by atoms with Crippen LogP contribution in [0.2, 0.25) is 0 Å². The Bertz CT molecular complexity index is 1240. The molecule has 1 amide bonds. The average molecular weight is 513 g/mol. The largest absolute Gasteiger partial charge is 0.755 e.